The first kappa shape index (κ1) is 22.4. The number of carbonyl (C=O) groups excluding carboxylic acids is 2. The molecule has 0 bridgehead atoms. The van der Waals surface area contributed by atoms with Crippen molar-refractivity contribution in [3.05, 3.63) is 34.9 Å². The summed E-state index contributed by atoms with van der Waals surface area (Å²) in [6.45, 7) is 1.40. The fraction of sp³-hybridized carbons (Fsp3) is 0.680. The third kappa shape index (κ3) is 5.36. The van der Waals surface area contributed by atoms with Crippen LogP contribution in [0.5, 0.6) is 0 Å². The first-order valence-electron chi connectivity index (χ1n) is 12.2. The number of nitrogens with one attached hydrogen (secondary N) is 2. The maximum Gasteiger partial charge on any atom is 0.317 e. The van der Waals surface area contributed by atoms with Gasteiger partial charge in [0.2, 0.25) is 5.91 Å². The lowest BCUT2D eigenvalue weighted by molar-refractivity contribution is -0.129. The Morgan fingerprint density at radius 1 is 0.871 bits per heavy atom. The van der Waals surface area contributed by atoms with E-state index in [1.807, 2.05) is 23.1 Å². The molecule has 1 aromatic rings. The van der Waals surface area contributed by atoms with Gasteiger partial charge in [0, 0.05) is 30.2 Å². The summed E-state index contributed by atoms with van der Waals surface area (Å²) in [5.74, 6) is 0.138. The summed E-state index contributed by atoms with van der Waals surface area (Å²) < 4.78 is 0. The molecule has 1 aromatic carbocycles. The molecule has 0 unspecified atom stereocenters. The Hall–Kier alpha value is -1.75. The molecule has 1 saturated heterocycles. The highest BCUT2D eigenvalue weighted by Gasteiger charge is 2.42. The quantitative estimate of drug-likeness (QED) is 0.671. The van der Waals surface area contributed by atoms with Crippen molar-refractivity contribution in [2.24, 2.45) is 0 Å². The molecule has 6 heteroatoms. The molecule has 3 aliphatic rings. The predicted octanol–water partition coefficient (Wildman–Crippen LogP) is 5.16. The lowest BCUT2D eigenvalue weighted by Gasteiger charge is -2.39. The van der Waals surface area contributed by atoms with Gasteiger partial charge in [-0.05, 0) is 56.2 Å². The van der Waals surface area contributed by atoms with Crippen molar-refractivity contribution in [2.45, 2.75) is 94.5 Å². The van der Waals surface area contributed by atoms with Crippen LogP contribution in [0.15, 0.2) is 24.3 Å². The number of likely N-dealkylation sites (tertiary alicyclic amines) is 1. The van der Waals surface area contributed by atoms with Crippen molar-refractivity contribution in [3.63, 3.8) is 0 Å². The summed E-state index contributed by atoms with van der Waals surface area (Å²) in [5.41, 5.74) is 0.569. The number of halogens is 1. The Balaban J connectivity index is 1.33. The fourth-order valence-electron chi connectivity index (χ4n) is 5.65. The van der Waals surface area contributed by atoms with Crippen LogP contribution in [-0.4, -0.2) is 42.0 Å². The highest BCUT2D eigenvalue weighted by molar-refractivity contribution is 6.30. The molecule has 170 valence electrons. The number of piperidine rings is 1. The Morgan fingerprint density at radius 3 is 2.19 bits per heavy atom. The molecule has 2 saturated carbocycles. The van der Waals surface area contributed by atoms with E-state index in [4.69, 9.17) is 11.6 Å². The van der Waals surface area contributed by atoms with E-state index in [9.17, 15) is 9.59 Å². The molecule has 0 atom stereocenters. The Morgan fingerprint density at radius 2 is 1.52 bits per heavy atom. The molecule has 1 heterocycles. The molecule has 2 N–H and O–H groups in total. The summed E-state index contributed by atoms with van der Waals surface area (Å²) >= 11 is 6.26. The molecule has 0 spiro atoms. The van der Waals surface area contributed by atoms with E-state index in [1.165, 1.54) is 25.7 Å². The van der Waals surface area contributed by atoms with Gasteiger partial charge in [0.1, 0.15) is 0 Å². The lowest BCUT2D eigenvalue weighted by atomic mass is 9.68. The van der Waals surface area contributed by atoms with E-state index in [0.717, 1.165) is 56.9 Å². The summed E-state index contributed by atoms with van der Waals surface area (Å²) in [4.78, 5) is 28.1. The molecule has 31 heavy (non-hydrogen) atoms. The van der Waals surface area contributed by atoms with Crippen molar-refractivity contribution in [1.29, 1.82) is 0 Å². The van der Waals surface area contributed by atoms with Crippen LogP contribution < -0.4 is 10.6 Å². The molecule has 0 aromatic heterocycles. The molecule has 1 aliphatic heterocycles. The molecule has 2 aliphatic carbocycles. The number of hydrogen-bond donors (Lipinski definition) is 2. The largest absolute Gasteiger partial charge is 0.352 e. The lowest BCUT2D eigenvalue weighted by Crippen LogP contribution is -2.54. The number of urea groups is 1. The van der Waals surface area contributed by atoms with Crippen LogP contribution in [0.1, 0.15) is 82.6 Å². The molecule has 4 rings (SSSR count). The van der Waals surface area contributed by atoms with Crippen molar-refractivity contribution in [1.82, 2.24) is 15.5 Å². The second-order valence-corrected chi connectivity index (χ2v) is 10.1. The fourth-order valence-corrected chi connectivity index (χ4v) is 5.84. The second-order valence-electron chi connectivity index (χ2n) is 9.67. The predicted molar refractivity (Wildman–Crippen MR) is 124 cm³/mol. The molecule has 3 fully saturated rings. The zero-order valence-electron chi connectivity index (χ0n) is 18.5. The van der Waals surface area contributed by atoms with Gasteiger partial charge in [-0.25, -0.2) is 4.79 Å². The van der Waals surface area contributed by atoms with E-state index >= 15 is 0 Å². The first-order chi connectivity index (χ1) is 15.1. The van der Waals surface area contributed by atoms with Crippen LogP contribution >= 0.6 is 11.6 Å². The van der Waals surface area contributed by atoms with Gasteiger partial charge in [0.15, 0.2) is 0 Å². The van der Waals surface area contributed by atoms with Gasteiger partial charge in [-0.2, -0.15) is 0 Å². The van der Waals surface area contributed by atoms with Crippen LogP contribution in [-0.2, 0) is 10.2 Å². The minimum Gasteiger partial charge on any atom is -0.352 e. The smallest absolute Gasteiger partial charge is 0.317 e. The maximum atomic E-state index is 13.5. The van der Waals surface area contributed by atoms with Gasteiger partial charge in [-0.3, -0.25) is 4.79 Å². The van der Waals surface area contributed by atoms with E-state index in [2.05, 4.69) is 16.7 Å². The number of rotatable bonds is 4. The number of carbonyl (C=O) groups is 2. The third-order valence-electron chi connectivity index (χ3n) is 7.57. The van der Waals surface area contributed by atoms with Crippen molar-refractivity contribution >= 4 is 23.5 Å². The number of nitrogens with zero attached hydrogens (tertiary/aromatic N) is 1. The van der Waals surface area contributed by atoms with Crippen LogP contribution in [0.25, 0.3) is 0 Å². The van der Waals surface area contributed by atoms with Crippen LogP contribution in [0.2, 0.25) is 5.02 Å². The Labute approximate surface area is 191 Å². The topological polar surface area (TPSA) is 61.4 Å². The van der Waals surface area contributed by atoms with Gasteiger partial charge >= 0.3 is 6.03 Å². The van der Waals surface area contributed by atoms with E-state index in [1.54, 1.807) is 0 Å². The van der Waals surface area contributed by atoms with Gasteiger partial charge in [0.25, 0.3) is 0 Å². The van der Waals surface area contributed by atoms with Crippen LogP contribution in [0.4, 0.5) is 4.79 Å². The van der Waals surface area contributed by atoms with Gasteiger partial charge in [-0.15, -0.1) is 0 Å². The number of amides is 3. The highest BCUT2D eigenvalue weighted by Crippen LogP contribution is 2.40. The number of hydrogen-bond acceptors (Lipinski definition) is 2. The maximum absolute atomic E-state index is 13.5. The molecular weight excluding hydrogens is 410 g/mol. The monoisotopic (exact) mass is 445 g/mol. The minimum atomic E-state index is -0.474. The highest BCUT2D eigenvalue weighted by atomic mass is 35.5. The van der Waals surface area contributed by atoms with Gasteiger partial charge < -0.3 is 15.5 Å². The summed E-state index contributed by atoms with van der Waals surface area (Å²) in [5, 5.41) is 7.25. The van der Waals surface area contributed by atoms with Crippen molar-refractivity contribution < 1.29 is 9.59 Å². The third-order valence-corrected chi connectivity index (χ3v) is 7.80. The normalized spacial score (nSPS) is 22.7. The average Bonchev–Trinajstić information content (AvgIpc) is 2.80. The van der Waals surface area contributed by atoms with E-state index in [0.29, 0.717) is 24.2 Å². The Kier molecular flexibility index (Phi) is 7.42. The molecule has 0 radical (unpaired) electrons. The zero-order chi connectivity index (χ0) is 21.7. The van der Waals surface area contributed by atoms with Gasteiger partial charge in [0.05, 0.1) is 5.41 Å². The number of benzene rings is 1. The van der Waals surface area contributed by atoms with Crippen LogP contribution in [0.3, 0.4) is 0 Å². The van der Waals surface area contributed by atoms with Crippen LogP contribution in [0, 0.1) is 0 Å². The van der Waals surface area contributed by atoms with Crippen molar-refractivity contribution in [2.75, 3.05) is 13.1 Å². The van der Waals surface area contributed by atoms with Crippen molar-refractivity contribution in [3.8, 4) is 0 Å². The summed E-state index contributed by atoms with van der Waals surface area (Å²) in [6, 6.07) is 8.36. The molecular formula is C25H36ClN3O2. The first-order valence-corrected chi connectivity index (χ1v) is 12.6. The van der Waals surface area contributed by atoms with Gasteiger partial charge in [-0.1, -0.05) is 62.3 Å². The zero-order valence-corrected chi connectivity index (χ0v) is 19.3. The minimum absolute atomic E-state index is 0.0688. The summed E-state index contributed by atoms with van der Waals surface area (Å²) in [6.07, 6.45) is 12.6. The molecule has 3 amide bonds. The average molecular weight is 446 g/mol. The summed E-state index contributed by atoms with van der Waals surface area (Å²) in [7, 11) is 0. The second kappa shape index (κ2) is 10.2. The van der Waals surface area contributed by atoms with E-state index in [-0.39, 0.29) is 18.0 Å². The van der Waals surface area contributed by atoms with E-state index < -0.39 is 5.41 Å². The SMILES string of the molecule is O=C(NC1CCCCC1)N1CCC(NC(=O)C2(c3cccc(Cl)c3)CCCCC2)CC1. The Bertz CT molecular complexity index is 764. The molecule has 5 nitrogen and oxygen atoms in total. The standard InChI is InChI=1S/C25H36ClN3O2/c26-20-9-7-8-19(18-20)25(14-5-2-6-15-25)23(30)27-22-12-16-29(17-13-22)24(31)28-21-10-3-1-4-11-21/h7-9,18,21-22H,1-6,10-17H2,(H,27,30)(H,28,31).